The summed E-state index contributed by atoms with van der Waals surface area (Å²) in [4.78, 5) is 13.0. The highest BCUT2D eigenvalue weighted by molar-refractivity contribution is 5.78. The van der Waals surface area contributed by atoms with E-state index in [9.17, 15) is 4.79 Å². The molecule has 1 rings (SSSR count). The molecule has 1 saturated heterocycles. The van der Waals surface area contributed by atoms with Gasteiger partial charge in [0.2, 0.25) is 5.91 Å². The summed E-state index contributed by atoms with van der Waals surface area (Å²) in [5.74, 6) is -0.0506. The summed E-state index contributed by atoms with van der Waals surface area (Å²) < 4.78 is 0. The van der Waals surface area contributed by atoms with Crippen molar-refractivity contribution in [3.8, 4) is 0 Å². The minimum atomic E-state index is -0.0506. The summed E-state index contributed by atoms with van der Waals surface area (Å²) in [7, 11) is 2.05. The van der Waals surface area contributed by atoms with Crippen molar-refractivity contribution in [2.24, 2.45) is 5.73 Å². The smallest absolute Gasteiger partial charge is 0.233 e. The molecule has 11 heavy (non-hydrogen) atoms. The van der Waals surface area contributed by atoms with Crippen molar-refractivity contribution >= 4 is 5.91 Å². The molecular weight excluding hydrogens is 142 g/mol. The summed E-state index contributed by atoms with van der Waals surface area (Å²) in [6.45, 7) is 2.11. The largest absolute Gasteiger partial charge is 0.351 e. The normalized spacial score (nSPS) is 25.5. The van der Waals surface area contributed by atoms with Gasteiger partial charge in [-0.05, 0) is 20.0 Å². The molecule has 0 unspecified atom stereocenters. The van der Waals surface area contributed by atoms with Crippen molar-refractivity contribution in [2.75, 3.05) is 26.7 Å². The molecule has 1 fully saturated rings. The Morgan fingerprint density at radius 2 is 2.55 bits per heavy atom. The number of amides is 1. The number of likely N-dealkylation sites (N-methyl/N-ethyl adjacent to an activating group) is 1. The van der Waals surface area contributed by atoms with Crippen LogP contribution in [0.15, 0.2) is 0 Å². The van der Waals surface area contributed by atoms with Crippen LogP contribution >= 0.6 is 0 Å². The number of nitrogens with zero attached hydrogens (tertiary/aromatic N) is 1. The van der Waals surface area contributed by atoms with E-state index in [1.807, 2.05) is 0 Å². The van der Waals surface area contributed by atoms with Crippen LogP contribution in [0.25, 0.3) is 0 Å². The van der Waals surface area contributed by atoms with Gasteiger partial charge in [0.15, 0.2) is 0 Å². The Bertz CT molecular complexity index is 149. The summed E-state index contributed by atoms with van der Waals surface area (Å²) in [6.07, 6.45) is 1.04. The summed E-state index contributed by atoms with van der Waals surface area (Å²) in [5, 5.41) is 2.85. The van der Waals surface area contributed by atoms with Crippen molar-refractivity contribution in [3.05, 3.63) is 0 Å². The number of hydrogen-bond donors (Lipinski definition) is 2. The van der Waals surface area contributed by atoms with Gasteiger partial charge in [0.25, 0.3) is 0 Å². The molecule has 0 aliphatic carbocycles. The standard InChI is InChI=1S/C7H15N3O/c1-10-3-2-6(5-10)9-7(11)4-8/h6H,2-5,8H2,1H3,(H,9,11)/t6-/m1/s1. The van der Waals surface area contributed by atoms with Gasteiger partial charge in [-0.3, -0.25) is 4.79 Å². The summed E-state index contributed by atoms with van der Waals surface area (Å²) in [6, 6.07) is 0.316. The van der Waals surface area contributed by atoms with Gasteiger partial charge in [0, 0.05) is 12.6 Å². The van der Waals surface area contributed by atoms with Crippen LogP contribution in [0.4, 0.5) is 0 Å². The second kappa shape index (κ2) is 3.69. The fourth-order valence-corrected chi connectivity index (χ4v) is 1.34. The van der Waals surface area contributed by atoms with Crippen LogP contribution in [0.1, 0.15) is 6.42 Å². The molecule has 0 saturated carbocycles. The number of nitrogens with two attached hydrogens (primary N) is 1. The number of rotatable bonds is 2. The van der Waals surface area contributed by atoms with Crippen LogP contribution in [0.5, 0.6) is 0 Å². The van der Waals surface area contributed by atoms with Gasteiger partial charge in [0.1, 0.15) is 0 Å². The van der Waals surface area contributed by atoms with E-state index in [0.717, 1.165) is 19.5 Å². The maximum atomic E-state index is 10.8. The first-order chi connectivity index (χ1) is 5.22. The first-order valence-electron chi connectivity index (χ1n) is 3.90. The highest BCUT2D eigenvalue weighted by atomic mass is 16.1. The molecule has 64 valence electrons. The minimum Gasteiger partial charge on any atom is -0.351 e. The van der Waals surface area contributed by atoms with Gasteiger partial charge in [-0.1, -0.05) is 0 Å². The van der Waals surface area contributed by atoms with Crippen molar-refractivity contribution in [1.82, 2.24) is 10.2 Å². The molecule has 1 aliphatic rings. The van der Waals surface area contributed by atoms with Crippen LogP contribution in [0.2, 0.25) is 0 Å². The van der Waals surface area contributed by atoms with Gasteiger partial charge in [-0.25, -0.2) is 0 Å². The molecule has 4 heteroatoms. The van der Waals surface area contributed by atoms with E-state index in [4.69, 9.17) is 5.73 Å². The molecule has 0 spiro atoms. The van der Waals surface area contributed by atoms with Crippen LogP contribution in [-0.2, 0) is 4.79 Å². The quantitative estimate of drug-likeness (QED) is 0.527. The number of likely N-dealkylation sites (tertiary alicyclic amines) is 1. The summed E-state index contributed by atoms with van der Waals surface area (Å²) in [5.41, 5.74) is 5.16. The van der Waals surface area contributed by atoms with Crippen molar-refractivity contribution in [1.29, 1.82) is 0 Å². The van der Waals surface area contributed by atoms with Gasteiger partial charge < -0.3 is 16.0 Å². The van der Waals surface area contributed by atoms with Crippen LogP contribution in [-0.4, -0.2) is 43.5 Å². The van der Waals surface area contributed by atoms with Crippen molar-refractivity contribution < 1.29 is 4.79 Å². The Kier molecular flexibility index (Phi) is 2.84. The molecule has 3 N–H and O–H groups in total. The van der Waals surface area contributed by atoms with Crippen LogP contribution in [0.3, 0.4) is 0 Å². The van der Waals surface area contributed by atoms with Gasteiger partial charge in [-0.2, -0.15) is 0 Å². The molecule has 0 aromatic heterocycles. The third kappa shape index (κ3) is 2.48. The zero-order valence-corrected chi connectivity index (χ0v) is 6.84. The minimum absolute atomic E-state index is 0.0506. The lowest BCUT2D eigenvalue weighted by Crippen LogP contribution is -2.39. The highest BCUT2D eigenvalue weighted by Crippen LogP contribution is 2.05. The van der Waals surface area contributed by atoms with E-state index in [0.29, 0.717) is 6.04 Å². The second-order valence-electron chi connectivity index (χ2n) is 3.02. The van der Waals surface area contributed by atoms with Crippen molar-refractivity contribution in [2.45, 2.75) is 12.5 Å². The predicted octanol–water partition coefficient (Wildman–Crippen LogP) is -1.23. The summed E-state index contributed by atoms with van der Waals surface area (Å²) >= 11 is 0. The Hall–Kier alpha value is -0.610. The number of carbonyl (C=O) groups is 1. The van der Waals surface area contributed by atoms with E-state index in [1.54, 1.807) is 0 Å². The van der Waals surface area contributed by atoms with Crippen molar-refractivity contribution in [3.63, 3.8) is 0 Å². The fraction of sp³-hybridized carbons (Fsp3) is 0.857. The second-order valence-corrected chi connectivity index (χ2v) is 3.02. The lowest BCUT2D eigenvalue weighted by Gasteiger charge is -2.11. The molecule has 0 radical (unpaired) electrons. The molecule has 1 aliphatic heterocycles. The number of nitrogens with one attached hydrogen (secondary N) is 1. The maximum Gasteiger partial charge on any atom is 0.233 e. The maximum absolute atomic E-state index is 10.8. The van der Waals surface area contributed by atoms with Gasteiger partial charge >= 0.3 is 0 Å². The van der Waals surface area contributed by atoms with Gasteiger partial charge in [-0.15, -0.1) is 0 Å². The van der Waals surface area contributed by atoms with E-state index < -0.39 is 0 Å². The molecule has 0 aromatic rings. The predicted molar refractivity (Wildman–Crippen MR) is 43.1 cm³/mol. The third-order valence-electron chi connectivity index (χ3n) is 1.94. The van der Waals surface area contributed by atoms with E-state index >= 15 is 0 Å². The van der Waals surface area contributed by atoms with E-state index in [1.165, 1.54) is 0 Å². The Labute approximate surface area is 66.7 Å². The first-order valence-corrected chi connectivity index (χ1v) is 3.90. The number of hydrogen-bond acceptors (Lipinski definition) is 3. The Morgan fingerprint density at radius 1 is 1.82 bits per heavy atom. The monoisotopic (exact) mass is 157 g/mol. The molecule has 1 atom stereocenters. The fourth-order valence-electron chi connectivity index (χ4n) is 1.34. The zero-order valence-electron chi connectivity index (χ0n) is 6.84. The molecule has 0 bridgehead atoms. The SMILES string of the molecule is CN1CC[C@@H](NC(=O)CN)C1. The molecule has 4 nitrogen and oxygen atoms in total. The molecular formula is C7H15N3O. The molecule has 0 aromatic carbocycles. The average molecular weight is 157 g/mol. The Morgan fingerprint density at radius 3 is 3.00 bits per heavy atom. The Balaban J connectivity index is 2.23. The molecule has 1 amide bonds. The molecule has 1 heterocycles. The number of carbonyl (C=O) groups excluding carboxylic acids is 1. The highest BCUT2D eigenvalue weighted by Gasteiger charge is 2.19. The zero-order chi connectivity index (χ0) is 8.27. The van der Waals surface area contributed by atoms with E-state index in [-0.39, 0.29) is 12.5 Å². The topological polar surface area (TPSA) is 58.4 Å². The van der Waals surface area contributed by atoms with E-state index in [2.05, 4.69) is 17.3 Å². The lowest BCUT2D eigenvalue weighted by atomic mass is 10.2. The van der Waals surface area contributed by atoms with Crippen LogP contribution < -0.4 is 11.1 Å². The average Bonchev–Trinajstić information content (AvgIpc) is 2.35. The first kappa shape index (κ1) is 8.49. The third-order valence-corrected chi connectivity index (χ3v) is 1.94. The lowest BCUT2D eigenvalue weighted by molar-refractivity contribution is -0.120. The van der Waals surface area contributed by atoms with Gasteiger partial charge in [0.05, 0.1) is 6.54 Å². The van der Waals surface area contributed by atoms with Crippen LogP contribution in [0, 0.1) is 0 Å².